The van der Waals surface area contributed by atoms with E-state index in [0.717, 1.165) is 16.5 Å². The number of rotatable bonds is 3. The molecule has 0 bridgehead atoms. The molecule has 20 heavy (non-hydrogen) atoms. The van der Waals surface area contributed by atoms with E-state index in [9.17, 15) is 13.2 Å². The summed E-state index contributed by atoms with van der Waals surface area (Å²) in [5.74, 6) is 0.116. The van der Waals surface area contributed by atoms with Crippen molar-refractivity contribution in [1.82, 2.24) is 10.3 Å². The highest BCUT2D eigenvalue weighted by Gasteiger charge is 2.28. The van der Waals surface area contributed by atoms with E-state index in [4.69, 9.17) is 0 Å². The van der Waals surface area contributed by atoms with E-state index >= 15 is 0 Å². The SMILES string of the molecule is O=C(Cc1ccc2[nH]ccc2c1)NC1CCS(=O)(=O)C1. The number of fused-ring (bicyclic) bond motifs is 1. The zero-order valence-corrected chi connectivity index (χ0v) is 11.7. The molecule has 1 amide bonds. The van der Waals surface area contributed by atoms with Crippen LogP contribution in [0.5, 0.6) is 0 Å². The molecular weight excluding hydrogens is 276 g/mol. The summed E-state index contributed by atoms with van der Waals surface area (Å²) in [6.07, 6.45) is 2.65. The summed E-state index contributed by atoms with van der Waals surface area (Å²) in [6.45, 7) is 0. The van der Waals surface area contributed by atoms with E-state index in [1.165, 1.54) is 0 Å². The fraction of sp³-hybridized carbons (Fsp3) is 0.357. The van der Waals surface area contributed by atoms with Crippen LogP contribution >= 0.6 is 0 Å². The molecule has 1 aliphatic rings. The summed E-state index contributed by atoms with van der Waals surface area (Å²) in [4.78, 5) is 15.0. The summed E-state index contributed by atoms with van der Waals surface area (Å²) in [5.41, 5.74) is 1.96. The predicted octanol–water partition coefficient (Wildman–Crippen LogP) is 1.01. The second-order valence-corrected chi connectivity index (χ2v) is 7.47. The van der Waals surface area contributed by atoms with E-state index < -0.39 is 9.84 Å². The molecule has 1 atom stereocenters. The Bertz CT molecular complexity index is 749. The number of hydrogen-bond donors (Lipinski definition) is 2. The minimum absolute atomic E-state index is 0.0651. The standard InChI is InChI=1S/C14H16N2O3S/c17-14(16-12-4-6-20(18,19)9-12)8-10-1-2-13-11(7-10)3-5-15-13/h1-3,5,7,12,15H,4,6,8-9H2,(H,16,17). The molecule has 1 aromatic heterocycles. The molecule has 5 nitrogen and oxygen atoms in total. The molecule has 6 heteroatoms. The summed E-state index contributed by atoms with van der Waals surface area (Å²) in [7, 11) is -2.95. The van der Waals surface area contributed by atoms with Crippen LogP contribution in [0.3, 0.4) is 0 Å². The maximum atomic E-state index is 11.9. The molecule has 1 aromatic carbocycles. The molecule has 0 radical (unpaired) electrons. The van der Waals surface area contributed by atoms with Gasteiger partial charge in [0.1, 0.15) is 0 Å². The number of carbonyl (C=O) groups is 1. The normalized spacial score (nSPS) is 21.1. The van der Waals surface area contributed by atoms with Crippen LogP contribution in [-0.4, -0.2) is 36.9 Å². The Hall–Kier alpha value is -1.82. The molecule has 2 heterocycles. The molecule has 1 fully saturated rings. The van der Waals surface area contributed by atoms with E-state index in [2.05, 4.69) is 10.3 Å². The Balaban J connectivity index is 1.64. The topological polar surface area (TPSA) is 79.0 Å². The molecule has 3 rings (SSSR count). The van der Waals surface area contributed by atoms with Crippen molar-refractivity contribution in [1.29, 1.82) is 0 Å². The maximum absolute atomic E-state index is 11.9. The second-order valence-electron chi connectivity index (χ2n) is 5.24. The molecule has 0 aliphatic carbocycles. The first-order valence-corrected chi connectivity index (χ1v) is 8.40. The third-order valence-electron chi connectivity index (χ3n) is 3.58. The largest absolute Gasteiger partial charge is 0.361 e. The van der Waals surface area contributed by atoms with Crippen molar-refractivity contribution in [2.45, 2.75) is 18.9 Å². The van der Waals surface area contributed by atoms with Gasteiger partial charge in [0, 0.05) is 17.8 Å². The van der Waals surface area contributed by atoms with Crippen LogP contribution in [-0.2, 0) is 21.1 Å². The van der Waals surface area contributed by atoms with Gasteiger partial charge < -0.3 is 10.3 Å². The first-order valence-electron chi connectivity index (χ1n) is 6.58. The highest BCUT2D eigenvalue weighted by atomic mass is 32.2. The van der Waals surface area contributed by atoms with Gasteiger partial charge in [-0.05, 0) is 35.6 Å². The number of sulfone groups is 1. The Morgan fingerprint density at radius 1 is 1.35 bits per heavy atom. The molecular formula is C14H16N2O3S. The van der Waals surface area contributed by atoms with Crippen LogP contribution in [0.2, 0.25) is 0 Å². The van der Waals surface area contributed by atoms with Crippen molar-refractivity contribution in [3.8, 4) is 0 Å². The number of nitrogens with one attached hydrogen (secondary N) is 2. The van der Waals surface area contributed by atoms with Crippen molar-refractivity contribution in [2.75, 3.05) is 11.5 Å². The van der Waals surface area contributed by atoms with Gasteiger partial charge in [0.05, 0.1) is 17.9 Å². The molecule has 2 aromatic rings. The summed E-state index contributed by atoms with van der Waals surface area (Å²) < 4.78 is 22.7. The van der Waals surface area contributed by atoms with Crippen molar-refractivity contribution < 1.29 is 13.2 Å². The Morgan fingerprint density at radius 2 is 2.20 bits per heavy atom. The van der Waals surface area contributed by atoms with Crippen LogP contribution < -0.4 is 5.32 Å². The van der Waals surface area contributed by atoms with Crippen LogP contribution in [0.15, 0.2) is 30.5 Å². The monoisotopic (exact) mass is 292 g/mol. The van der Waals surface area contributed by atoms with Crippen molar-refractivity contribution >= 4 is 26.6 Å². The number of benzene rings is 1. The van der Waals surface area contributed by atoms with Crippen LogP contribution in [0, 0.1) is 0 Å². The first kappa shape index (κ1) is 13.2. The number of amides is 1. The van der Waals surface area contributed by atoms with Crippen LogP contribution in [0.25, 0.3) is 10.9 Å². The third-order valence-corrected chi connectivity index (χ3v) is 5.35. The summed E-state index contributed by atoms with van der Waals surface area (Å²) in [5, 5.41) is 3.87. The van der Waals surface area contributed by atoms with Gasteiger partial charge in [0.15, 0.2) is 9.84 Å². The third kappa shape index (κ3) is 2.85. The minimum atomic E-state index is -2.95. The Kier molecular flexibility index (Phi) is 3.25. The van der Waals surface area contributed by atoms with Gasteiger partial charge in [-0.25, -0.2) is 8.42 Å². The number of carbonyl (C=O) groups excluding carboxylic acids is 1. The Labute approximate surface area is 117 Å². The molecule has 1 unspecified atom stereocenters. The summed E-state index contributed by atoms with van der Waals surface area (Å²) >= 11 is 0. The first-order chi connectivity index (χ1) is 9.52. The zero-order chi connectivity index (χ0) is 14.2. The molecule has 1 saturated heterocycles. The Morgan fingerprint density at radius 3 is 2.95 bits per heavy atom. The highest BCUT2D eigenvalue weighted by molar-refractivity contribution is 7.91. The lowest BCUT2D eigenvalue weighted by Gasteiger charge is -2.10. The van der Waals surface area contributed by atoms with E-state index in [1.807, 2.05) is 30.5 Å². The van der Waals surface area contributed by atoms with Gasteiger partial charge in [-0.3, -0.25) is 4.79 Å². The van der Waals surface area contributed by atoms with Crippen molar-refractivity contribution in [2.24, 2.45) is 0 Å². The fourth-order valence-electron chi connectivity index (χ4n) is 2.59. The molecule has 2 N–H and O–H groups in total. The molecule has 0 spiro atoms. The second kappa shape index (κ2) is 4.94. The zero-order valence-electron chi connectivity index (χ0n) is 10.9. The highest BCUT2D eigenvalue weighted by Crippen LogP contribution is 2.15. The van der Waals surface area contributed by atoms with Gasteiger partial charge in [-0.15, -0.1) is 0 Å². The lowest BCUT2D eigenvalue weighted by molar-refractivity contribution is -0.120. The summed E-state index contributed by atoms with van der Waals surface area (Å²) in [6, 6.07) is 7.54. The van der Waals surface area contributed by atoms with E-state index in [-0.39, 0.29) is 29.9 Å². The van der Waals surface area contributed by atoms with Crippen LogP contribution in [0.4, 0.5) is 0 Å². The predicted molar refractivity (Wildman–Crippen MR) is 77.2 cm³/mol. The van der Waals surface area contributed by atoms with Crippen molar-refractivity contribution in [3.05, 3.63) is 36.0 Å². The minimum Gasteiger partial charge on any atom is -0.361 e. The smallest absolute Gasteiger partial charge is 0.224 e. The van der Waals surface area contributed by atoms with Crippen LogP contribution in [0.1, 0.15) is 12.0 Å². The van der Waals surface area contributed by atoms with Crippen molar-refractivity contribution in [3.63, 3.8) is 0 Å². The quantitative estimate of drug-likeness (QED) is 0.886. The molecule has 106 valence electrons. The van der Waals surface area contributed by atoms with Gasteiger partial charge in [0.2, 0.25) is 5.91 Å². The lowest BCUT2D eigenvalue weighted by atomic mass is 10.1. The van der Waals surface area contributed by atoms with E-state index in [1.54, 1.807) is 0 Å². The number of hydrogen-bond acceptors (Lipinski definition) is 3. The molecule has 1 aliphatic heterocycles. The van der Waals surface area contributed by atoms with Gasteiger partial charge in [-0.1, -0.05) is 6.07 Å². The average molecular weight is 292 g/mol. The number of aromatic amines is 1. The fourth-order valence-corrected chi connectivity index (χ4v) is 4.26. The van der Waals surface area contributed by atoms with Gasteiger partial charge in [0.25, 0.3) is 0 Å². The van der Waals surface area contributed by atoms with Gasteiger partial charge in [-0.2, -0.15) is 0 Å². The number of aromatic nitrogens is 1. The maximum Gasteiger partial charge on any atom is 0.224 e. The lowest BCUT2D eigenvalue weighted by Crippen LogP contribution is -2.36. The molecule has 0 saturated carbocycles. The average Bonchev–Trinajstić information content (AvgIpc) is 2.95. The van der Waals surface area contributed by atoms with E-state index in [0.29, 0.717) is 6.42 Å². The number of H-pyrrole nitrogens is 1. The van der Waals surface area contributed by atoms with Gasteiger partial charge >= 0.3 is 0 Å².